The van der Waals surface area contributed by atoms with Crippen molar-refractivity contribution in [3.63, 3.8) is 0 Å². The number of amides is 3. The Balaban J connectivity index is 1.28. The highest BCUT2D eigenvalue weighted by atomic mass is 16.6. The zero-order chi connectivity index (χ0) is 29.9. The Hall–Kier alpha value is -4.84. The lowest BCUT2D eigenvalue weighted by Crippen LogP contribution is -2.47. The molecule has 4 aromatic rings. The summed E-state index contributed by atoms with van der Waals surface area (Å²) < 4.78 is 7.21. The Bertz CT molecular complexity index is 1680. The number of alkyl carbamates (subject to hydrolysis) is 1. The minimum atomic E-state index is -0.571. The molecule has 9 nitrogen and oxygen atoms in total. The van der Waals surface area contributed by atoms with E-state index in [0.717, 1.165) is 27.2 Å². The number of nitrogens with zero attached hydrogens (tertiary/aromatic N) is 2. The number of carbonyl (C=O) groups excluding carboxylic acids is 3. The molecule has 42 heavy (non-hydrogen) atoms. The van der Waals surface area contributed by atoms with Crippen LogP contribution in [0, 0.1) is 17.2 Å². The van der Waals surface area contributed by atoms with Gasteiger partial charge in [0, 0.05) is 23.9 Å². The van der Waals surface area contributed by atoms with Crippen molar-refractivity contribution in [1.29, 1.82) is 5.26 Å². The van der Waals surface area contributed by atoms with Gasteiger partial charge in [-0.15, -0.1) is 0 Å². The predicted molar refractivity (Wildman–Crippen MR) is 160 cm³/mol. The van der Waals surface area contributed by atoms with Crippen LogP contribution in [0.1, 0.15) is 68.1 Å². The molecule has 3 N–H and O–H groups in total. The third kappa shape index (κ3) is 6.55. The maximum Gasteiger partial charge on any atom is 0.407 e. The van der Waals surface area contributed by atoms with E-state index < -0.39 is 17.6 Å². The van der Waals surface area contributed by atoms with Gasteiger partial charge >= 0.3 is 6.09 Å². The van der Waals surface area contributed by atoms with E-state index in [2.05, 4.69) is 28.3 Å². The molecule has 1 aliphatic rings. The van der Waals surface area contributed by atoms with Crippen molar-refractivity contribution in [2.45, 2.75) is 64.6 Å². The van der Waals surface area contributed by atoms with Gasteiger partial charge in [0.1, 0.15) is 11.3 Å². The first kappa shape index (κ1) is 28.7. The number of fused-ring (bicyclic) bond motifs is 2. The number of hydrogen-bond donors (Lipinski definition) is 3. The molecule has 0 unspecified atom stereocenters. The lowest BCUT2D eigenvalue weighted by Gasteiger charge is -2.29. The fourth-order valence-electron chi connectivity index (χ4n) is 5.54. The lowest BCUT2D eigenvalue weighted by atomic mass is 9.85. The quantitative estimate of drug-likeness (QED) is 0.273. The topological polar surface area (TPSA) is 125 Å². The zero-order valence-electron chi connectivity index (χ0n) is 24.1. The lowest BCUT2D eigenvalue weighted by molar-refractivity contribution is -0.126. The van der Waals surface area contributed by atoms with Crippen LogP contribution in [0.4, 0.5) is 4.79 Å². The standard InChI is InChI=1S/C33H35N5O4/c1-33(2,3)42-32(41)35-26-15-13-23(14-16-26)30(39)36-37-31(40)29-18-24-12-11-21(19-34)17-28(24)38(29)20-25-9-6-8-22-7-4-5-10-27(22)25/h4-12,17-18,23,26H,13-16,20H2,1-3H3,(H,35,41)(H,36,39)(H,37,40)/t23-,26-. The van der Waals surface area contributed by atoms with E-state index in [1.165, 1.54) is 0 Å². The van der Waals surface area contributed by atoms with E-state index in [1.54, 1.807) is 18.2 Å². The Labute approximate surface area is 244 Å². The SMILES string of the molecule is CC(C)(C)OC(=O)N[C@H]1CC[C@H](C(=O)NNC(=O)c2cc3ccc(C#N)cc3n2Cc2cccc3ccccc23)CC1. The van der Waals surface area contributed by atoms with E-state index >= 15 is 0 Å². The second-order valence-electron chi connectivity index (χ2n) is 11.8. The molecule has 9 heteroatoms. The minimum absolute atomic E-state index is 0.0541. The number of benzene rings is 3. The van der Waals surface area contributed by atoms with Crippen LogP contribution in [-0.4, -0.2) is 34.1 Å². The van der Waals surface area contributed by atoms with Crippen LogP contribution in [-0.2, 0) is 16.1 Å². The number of nitriles is 1. The second kappa shape index (κ2) is 12.0. The zero-order valence-corrected chi connectivity index (χ0v) is 24.1. The molecule has 5 rings (SSSR count). The fourth-order valence-corrected chi connectivity index (χ4v) is 5.54. The van der Waals surface area contributed by atoms with Gasteiger partial charge in [-0.05, 0) is 81.0 Å². The van der Waals surface area contributed by atoms with Crippen LogP contribution in [0.2, 0.25) is 0 Å². The molecule has 3 aromatic carbocycles. The van der Waals surface area contributed by atoms with Gasteiger partial charge in [0.05, 0.1) is 17.1 Å². The van der Waals surface area contributed by atoms with Gasteiger partial charge in [-0.25, -0.2) is 4.79 Å². The van der Waals surface area contributed by atoms with Gasteiger partial charge in [-0.3, -0.25) is 20.4 Å². The van der Waals surface area contributed by atoms with Gasteiger partial charge < -0.3 is 14.6 Å². The van der Waals surface area contributed by atoms with E-state index in [-0.39, 0.29) is 17.9 Å². The average Bonchev–Trinajstić information content (AvgIpc) is 3.32. The van der Waals surface area contributed by atoms with Crippen molar-refractivity contribution in [3.05, 3.63) is 83.6 Å². The number of aromatic nitrogens is 1. The summed E-state index contributed by atoms with van der Waals surface area (Å²) in [6, 6.07) is 23.4. The Morgan fingerprint density at radius 1 is 0.929 bits per heavy atom. The highest BCUT2D eigenvalue weighted by Crippen LogP contribution is 2.27. The highest BCUT2D eigenvalue weighted by Gasteiger charge is 2.29. The van der Waals surface area contributed by atoms with Crippen molar-refractivity contribution in [2.24, 2.45) is 5.92 Å². The predicted octanol–water partition coefficient (Wildman–Crippen LogP) is 5.56. The molecule has 3 amide bonds. The summed E-state index contributed by atoms with van der Waals surface area (Å²) in [7, 11) is 0. The van der Waals surface area contributed by atoms with Gasteiger partial charge in [0.2, 0.25) is 5.91 Å². The van der Waals surface area contributed by atoms with Crippen molar-refractivity contribution in [1.82, 2.24) is 20.7 Å². The first-order valence-electron chi connectivity index (χ1n) is 14.2. The van der Waals surface area contributed by atoms with Crippen molar-refractivity contribution < 1.29 is 19.1 Å². The van der Waals surface area contributed by atoms with Crippen LogP contribution >= 0.6 is 0 Å². The molecule has 1 fully saturated rings. The Morgan fingerprint density at radius 3 is 2.40 bits per heavy atom. The summed E-state index contributed by atoms with van der Waals surface area (Å²) in [5, 5.41) is 15.4. The van der Waals surface area contributed by atoms with Crippen molar-refractivity contribution in [2.75, 3.05) is 0 Å². The normalized spacial score (nSPS) is 16.9. The molecule has 0 aliphatic heterocycles. The van der Waals surface area contributed by atoms with E-state index in [1.807, 2.05) is 67.8 Å². The molecular weight excluding hydrogens is 530 g/mol. The first-order valence-corrected chi connectivity index (χ1v) is 14.2. The third-order valence-corrected chi connectivity index (χ3v) is 7.59. The van der Waals surface area contributed by atoms with E-state index in [4.69, 9.17) is 4.74 Å². The molecule has 0 bridgehead atoms. The van der Waals surface area contributed by atoms with Gasteiger partial charge in [0.15, 0.2) is 0 Å². The van der Waals surface area contributed by atoms with Crippen molar-refractivity contribution >= 4 is 39.6 Å². The third-order valence-electron chi connectivity index (χ3n) is 7.59. The van der Waals surface area contributed by atoms with Crippen LogP contribution in [0.3, 0.4) is 0 Å². The molecule has 1 heterocycles. The maximum absolute atomic E-state index is 13.4. The Kier molecular flexibility index (Phi) is 8.16. The number of nitrogens with one attached hydrogen (secondary N) is 3. The Morgan fingerprint density at radius 2 is 1.67 bits per heavy atom. The minimum Gasteiger partial charge on any atom is -0.444 e. The summed E-state index contributed by atoms with van der Waals surface area (Å²) in [6.45, 7) is 5.85. The largest absolute Gasteiger partial charge is 0.444 e. The van der Waals surface area contributed by atoms with Crippen molar-refractivity contribution in [3.8, 4) is 6.07 Å². The molecular formula is C33H35N5O4. The van der Waals surface area contributed by atoms with Crippen LogP contribution < -0.4 is 16.2 Å². The van der Waals surface area contributed by atoms with Crippen LogP contribution in [0.15, 0.2) is 66.7 Å². The monoisotopic (exact) mass is 565 g/mol. The number of hydrazine groups is 1. The summed E-state index contributed by atoms with van der Waals surface area (Å²) in [5.41, 5.74) is 7.30. The number of ether oxygens (including phenoxy) is 1. The molecule has 216 valence electrons. The second-order valence-corrected chi connectivity index (χ2v) is 11.8. The smallest absolute Gasteiger partial charge is 0.407 e. The average molecular weight is 566 g/mol. The summed E-state index contributed by atoms with van der Waals surface area (Å²) in [5.74, 6) is -0.983. The molecule has 0 atom stereocenters. The molecule has 0 saturated heterocycles. The summed E-state index contributed by atoms with van der Waals surface area (Å²) in [4.78, 5) is 38.5. The highest BCUT2D eigenvalue weighted by molar-refractivity contribution is 6.00. The fraction of sp³-hybridized carbons (Fsp3) is 0.333. The van der Waals surface area contributed by atoms with E-state index in [0.29, 0.717) is 43.5 Å². The van der Waals surface area contributed by atoms with Gasteiger partial charge in [-0.2, -0.15) is 5.26 Å². The molecule has 1 saturated carbocycles. The molecule has 0 spiro atoms. The molecule has 1 aromatic heterocycles. The van der Waals surface area contributed by atoms with Crippen LogP contribution in [0.5, 0.6) is 0 Å². The summed E-state index contributed by atoms with van der Waals surface area (Å²) in [6.07, 6.45) is 2.00. The number of rotatable bonds is 5. The van der Waals surface area contributed by atoms with Gasteiger partial charge in [0.25, 0.3) is 5.91 Å². The maximum atomic E-state index is 13.4. The first-order chi connectivity index (χ1) is 20.1. The van der Waals surface area contributed by atoms with E-state index in [9.17, 15) is 19.6 Å². The molecule has 1 aliphatic carbocycles. The number of hydrogen-bond acceptors (Lipinski definition) is 5. The van der Waals surface area contributed by atoms with Crippen LogP contribution in [0.25, 0.3) is 21.7 Å². The number of carbonyl (C=O) groups is 3. The molecule has 0 radical (unpaired) electrons. The van der Waals surface area contributed by atoms with Gasteiger partial charge in [-0.1, -0.05) is 48.5 Å². The summed E-state index contributed by atoms with van der Waals surface area (Å²) >= 11 is 0.